The molecule has 1 atom stereocenters. The van der Waals surface area contributed by atoms with Crippen molar-refractivity contribution in [1.82, 2.24) is 5.32 Å². The van der Waals surface area contributed by atoms with Gasteiger partial charge < -0.3 is 10.1 Å². The van der Waals surface area contributed by atoms with E-state index in [1.807, 2.05) is 0 Å². The van der Waals surface area contributed by atoms with Crippen LogP contribution in [0.5, 0.6) is 0 Å². The molecule has 2 fully saturated rings. The Morgan fingerprint density at radius 1 is 1.55 bits per heavy atom. The fourth-order valence-electron chi connectivity index (χ4n) is 1.22. The SMILES string of the molecule is O=C(NC[C@H]1CO1)C1CCC1. The Bertz CT molecular complexity index is 161. The number of ether oxygens (including phenoxy) is 1. The summed E-state index contributed by atoms with van der Waals surface area (Å²) in [5, 5.41) is 2.88. The lowest BCUT2D eigenvalue weighted by atomic mass is 9.85. The van der Waals surface area contributed by atoms with Gasteiger partial charge in [0.1, 0.15) is 0 Å². The van der Waals surface area contributed by atoms with Crippen molar-refractivity contribution in [1.29, 1.82) is 0 Å². The molecule has 0 unspecified atom stereocenters. The number of amides is 1. The lowest BCUT2D eigenvalue weighted by Gasteiger charge is -2.23. The largest absolute Gasteiger partial charge is 0.371 e. The number of carbonyl (C=O) groups is 1. The highest BCUT2D eigenvalue weighted by molar-refractivity contribution is 5.79. The van der Waals surface area contributed by atoms with E-state index in [9.17, 15) is 4.79 Å². The van der Waals surface area contributed by atoms with Gasteiger partial charge in [-0.15, -0.1) is 0 Å². The minimum Gasteiger partial charge on any atom is -0.371 e. The molecule has 0 aromatic heterocycles. The Kier molecular flexibility index (Phi) is 1.82. The first-order valence-electron chi connectivity index (χ1n) is 4.25. The first-order valence-corrected chi connectivity index (χ1v) is 4.25. The zero-order chi connectivity index (χ0) is 7.68. The Hall–Kier alpha value is -0.570. The highest BCUT2D eigenvalue weighted by atomic mass is 16.6. The van der Waals surface area contributed by atoms with Gasteiger partial charge in [-0.25, -0.2) is 0 Å². The zero-order valence-corrected chi connectivity index (χ0v) is 6.51. The van der Waals surface area contributed by atoms with Crippen LogP contribution in [0.1, 0.15) is 19.3 Å². The molecule has 0 bridgehead atoms. The summed E-state index contributed by atoms with van der Waals surface area (Å²) in [5.41, 5.74) is 0. The number of epoxide rings is 1. The molecule has 1 aliphatic carbocycles. The van der Waals surface area contributed by atoms with Gasteiger partial charge in [-0.3, -0.25) is 4.79 Å². The molecule has 1 amide bonds. The Morgan fingerprint density at radius 3 is 2.73 bits per heavy atom. The second-order valence-electron chi connectivity index (χ2n) is 3.33. The summed E-state index contributed by atoms with van der Waals surface area (Å²) in [6, 6.07) is 0. The Labute approximate surface area is 66.1 Å². The maximum Gasteiger partial charge on any atom is 0.223 e. The normalized spacial score (nSPS) is 29.3. The quantitative estimate of drug-likeness (QED) is 0.596. The molecule has 11 heavy (non-hydrogen) atoms. The van der Waals surface area contributed by atoms with Gasteiger partial charge in [0.2, 0.25) is 5.91 Å². The molecular formula is C8H13NO2. The number of rotatable bonds is 3. The summed E-state index contributed by atoms with van der Waals surface area (Å²) < 4.78 is 4.98. The van der Waals surface area contributed by atoms with Gasteiger partial charge in [-0.05, 0) is 12.8 Å². The predicted octanol–water partition coefficient (Wildman–Crippen LogP) is 0.301. The molecule has 1 saturated carbocycles. The van der Waals surface area contributed by atoms with Gasteiger partial charge >= 0.3 is 0 Å². The third-order valence-electron chi connectivity index (χ3n) is 2.38. The van der Waals surface area contributed by atoms with Crippen LogP contribution in [0.4, 0.5) is 0 Å². The van der Waals surface area contributed by atoms with E-state index < -0.39 is 0 Å². The van der Waals surface area contributed by atoms with E-state index in [1.54, 1.807) is 0 Å². The number of nitrogens with one attached hydrogen (secondary N) is 1. The molecule has 1 saturated heterocycles. The van der Waals surface area contributed by atoms with E-state index in [2.05, 4.69) is 5.32 Å². The smallest absolute Gasteiger partial charge is 0.223 e. The van der Waals surface area contributed by atoms with Crippen LogP contribution in [0.2, 0.25) is 0 Å². The minimum atomic E-state index is 0.228. The number of carbonyl (C=O) groups excluding carboxylic acids is 1. The topological polar surface area (TPSA) is 41.6 Å². The monoisotopic (exact) mass is 155 g/mol. The average Bonchev–Trinajstić information content (AvgIpc) is 2.61. The molecule has 1 aliphatic heterocycles. The van der Waals surface area contributed by atoms with E-state index in [4.69, 9.17) is 4.74 Å². The van der Waals surface area contributed by atoms with Crippen LogP contribution in [-0.4, -0.2) is 25.2 Å². The maximum atomic E-state index is 11.2. The maximum absolute atomic E-state index is 11.2. The van der Waals surface area contributed by atoms with Crippen LogP contribution in [-0.2, 0) is 9.53 Å². The summed E-state index contributed by atoms with van der Waals surface area (Å²) in [6.07, 6.45) is 3.70. The molecule has 1 N–H and O–H groups in total. The highest BCUT2D eigenvalue weighted by Gasteiger charge is 2.28. The minimum absolute atomic E-state index is 0.228. The highest BCUT2D eigenvalue weighted by Crippen LogP contribution is 2.26. The van der Waals surface area contributed by atoms with Gasteiger partial charge in [-0.2, -0.15) is 0 Å². The van der Waals surface area contributed by atoms with Crippen LogP contribution < -0.4 is 5.32 Å². The van der Waals surface area contributed by atoms with Crippen molar-refractivity contribution in [2.45, 2.75) is 25.4 Å². The summed E-state index contributed by atoms with van der Waals surface area (Å²) in [7, 11) is 0. The van der Waals surface area contributed by atoms with Crippen molar-refractivity contribution >= 4 is 5.91 Å². The van der Waals surface area contributed by atoms with E-state index in [0.717, 1.165) is 26.0 Å². The molecule has 2 rings (SSSR count). The van der Waals surface area contributed by atoms with Gasteiger partial charge in [0.05, 0.1) is 12.7 Å². The molecule has 3 heteroatoms. The fourth-order valence-corrected chi connectivity index (χ4v) is 1.22. The summed E-state index contributed by atoms with van der Waals surface area (Å²) in [4.78, 5) is 11.2. The van der Waals surface area contributed by atoms with Crippen molar-refractivity contribution in [2.75, 3.05) is 13.2 Å². The number of hydrogen-bond donors (Lipinski definition) is 1. The summed E-state index contributed by atoms with van der Waals surface area (Å²) >= 11 is 0. The van der Waals surface area contributed by atoms with Crippen LogP contribution in [0, 0.1) is 5.92 Å². The van der Waals surface area contributed by atoms with Gasteiger partial charge in [0.15, 0.2) is 0 Å². The van der Waals surface area contributed by atoms with E-state index in [1.165, 1.54) is 6.42 Å². The Morgan fingerprint density at radius 2 is 2.27 bits per heavy atom. The predicted molar refractivity (Wildman–Crippen MR) is 40.1 cm³/mol. The molecule has 0 spiro atoms. The van der Waals surface area contributed by atoms with Crippen LogP contribution in [0.25, 0.3) is 0 Å². The van der Waals surface area contributed by atoms with Crippen LogP contribution >= 0.6 is 0 Å². The van der Waals surface area contributed by atoms with Crippen LogP contribution in [0.3, 0.4) is 0 Å². The van der Waals surface area contributed by atoms with Gasteiger partial charge in [-0.1, -0.05) is 6.42 Å². The third kappa shape index (κ3) is 1.71. The molecule has 0 radical (unpaired) electrons. The van der Waals surface area contributed by atoms with Gasteiger partial charge in [0.25, 0.3) is 0 Å². The van der Waals surface area contributed by atoms with Crippen molar-refractivity contribution in [3.63, 3.8) is 0 Å². The average molecular weight is 155 g/mol. The molecule has 0 aromatic carbocycles. The molecule has 62 valence electrons. The van der Waals surface area contributed by atoms with Crippen molar-refractivity contribution in [3.05, 3.63) is 0 Å². The lowest BCUT2D eigenvalue weighted by molar-refractivity contribution is -0.127. The van der Waals surface area contributed by atoms with Crippen molar-refractivity contribution in [2.24, 2.45) is 5.92 Å². The molecular weight excluding hydrogens is 142 g/mol. The molecule has 0 aromatic rings. The standard InChI is InChI=1S/C8H13NO2/c10-8(6-2-1-3-6)9-4-7-5-11-7/h6-7H,1-5H2,(H,9,10)/t7-/m0/s1. The van der Waals surface area contributed by atoms with E-state index >= 15 is 0 Å². The first kappa shape index (κ1) is 7.10. The Balaban J connectivity index is 1.63. The second kappa shape index (κ2) is 2.81. The van der Waals surface area contributed by atoms with Crippen molar-refractivity contribution < 1.29 is 9.53 Å². The fraction of sp³-hybridized carbons (Fsp3) is 0.875. The number of hydrogen-bond acceptors (Lipinski definition) is 2. The third-order valence-corrected chi connectivity index (χ3v) is 2.38. The van der Waals surface area contributed by atoms with E-state index in [-0.39, 0.29) is 5.91 Å². The summed E-state index contributed by atoms with van der Waals surface area (Å²) in [6.45, 7) is 1.54. The van der Waals surface area contributed by atoms with Gasteiger partial charge in [0, 0.05) is 12.5 Å². The summed E-state index contributed by atoms with van der Waals surface area (Å²) in [5.74, 6) is 0.542. The molecule has 2 aliphatic rings. The van der Waals surface area contributed by atoms with Crippen molar-refractivity contribution in [3.8, 4) is 0 Å². The molecule has 1 heterocycles. The zero-order valence-electron chi connectivity index (χ0n) is 6.51. The van der Waals surface area contributed by atoms with E-state index in [0.29, 0.717) is 12.0 Å². The second-order valence-corrected chi connectivity index (χ2v) is 3.33. The first-order chi connectivity index (χ1) is 5.36. The van der Waals surface area contributed by atoms with Crippen LogP contribution in [0.15, 0.2) is 0 Å². The lowest BCUT2D eigenvalue weighted by Crippen LogP contribution is -2.36. The molecule has 3 nitrogen and oxygen atoms in total.